The molecule has 1 fully saturated rings. The quantitative estimate of drug-likeness (QED) is 0.493. The molecule has 2 unspecified atom stereocenters. The molecule has 0 radical (unpaired) electrons. The van der Waals surface area contributed by atoms with Gasteiger partial charge in [-0.1, -0.05) is 18.2 Å². The standard InChI is InChI=1S/C9H8N2/c1-2-7-4-9(7)6-11-10-5-8(9)3-1/h1-3,5-7H,4H2. The Balaban J connectivity index is 2.18. The Morgan fingerprint density at radius 2 is 2.45 bits per heavy atom. The number of hydrogen-bond acceptors (Lipinski definition) is 2. The van der Waals surface area contributed by atoms with Crippen molar-refractivity contribution in [2.75, 3.05) is 0 Å². The minimum Gasteiger partial charge on any atom is -0.163 e. The van der Waals surface area contributed by atoms with E-state index in [0.717, 1.165) is 0 Å². The van der Waals surface area contributed by atoms with Gasteiger partial charge in [0, 0.05) is 11.6 Å². The van der Waals surface area contributed by atoms with E-state index in [9.17, 15) is 0 Å². The van der Waals surface area contributed by atoms with Crippen LogP contribution >= 0.6 is 0 Å². The summed E-state index contributed by atoms with van der Waals surface area (Å²) in [5.41, 5.74) is 1.61. The van der Waals surface area contributed by atoms with Crippen LogP contribution in [0.3, 0.4) is 0 Å². The molecule has 1 spiro atoms. The SMILES string of the molecule is C1=CC2CC23C=NN=CC3=C1. The van der Waals surface area contributed by atoms with Crippen molar-refractivity contribution in [2.24, 2.45) is 21.5 Å². The van der Waals surface area contributed by atoms with Crippen LogP contribution in [-0.4, -0.2) is 12.4 Å². The highest BCUT2D eigenvalue weighted by Gasteiger charge is 2.55. The predicted molar refractivity (Wildman–Crippen MR) is 44.7 cm³/mol. The van der Waals surface area contributed by atoms with Crippen molar-refractivity contribution in [3.63, 3.8) is 0 Å². The van der Waals surface area contributed by atoms with Gasteiger partial charge in [-0.05, 0) is 17.9 Å². The van der Waals surface area contributed by atoms with Crippen LogP contribution in [0.25, 0.3) is 0 Å². The average Bonchev–Trinajstić information content (AvgIpc) is 2.75. The summed E-state index contributed by atoms with van der Waals surface area (Å²) in [6.07, 6.45) is 11.6. The number of hydrogen-bond donors (Lipinski definition) is 0. The van der Waals surface area contributed by atoms with Crippen LogP contribution in [0.5, 0.6) is 0 Å². The fraction of sp³-hybridized carbons (Fsp3) is 0.333. The molecule has 0 aromatic heterocycles. The molecule has 2 nitrogen and oxygen atoms in total. The van der Waals surface area contributed by atoms with Crippen LogP contribution < -0.4 is 0 Å². The third kappa shape index (κ3) is 0.530. The second kappa shape index (κ2) is 1.52. The van der Waals surface area contributed by atoms with E-state index in [1.165, 1.54) is 12.0 Å². The molecule has 0 bridgehead atoms. The lowest BCUT2D eigenvalue weighted by molar-refractivity contribution is 0.812. The summed E-state index contributed by atoms with van der Waals surface area (Å²) in [7, 11) is 0. The average molecular weight is 144 g/mol. The van der Waals surface area contributed by atoms with Crippen LogP contribution in [0.15, 0.2) is 34.0 Å². The normalized spacial score (nSPS) is 42.9. The summed E-state index contributed by atoms with van der Waals surface area (Å²) in [5.74, 6) is 0.706. The van der Waals surface area contributed by atoms with Gasteiger partial charge in [-0.25, -0.2) is 0 Å². The molecule has 2 aliphatic carbocycles. The zero-order chi connectivity index (χ0) is 7.31. The van der Waals surface area contributed by atoms with Crippen molar-refractivity contribution in [2.45, 2.75) is 6.42 Å². The maximum atomic E-state index is 3.94. The van der Waals surface area contributed by atoms with Gasteiger partial charge in [0.05, 0.1) is 6.21 Å². The molecule has 2 atom stereocenters. The second-order valence-corrected chi connectivity index (χ2v) is 3.35. The van der Waals surface area contributed by atoms with Gasteiger partial charge in [0.15, 0.2) is 0 Å². The van der Waals surface area contributed by atoms with Gasteiger partial charge in [-0.3, -0.25) is 0 Å². The molecule has 3 rings (SSSR count). The Bertz CT molecular complexity index is 322. The molecule has 0 aromatic rings. The largest absolute Gasteiger partial charge is 0.163 e. The second-order valence-electron chi connectivity index (χ2n) is 3.35. The highest BCUT2D eigenvalue weighted by atomic mass is 15.2. The topological polar surface area (TPSA) is 24.7 Å². The van der Waals surface area contributed by atoms with Crippen molar-refractivity contribution >= 4 is 12.4 Å². The zero-order valence-electron chi connectivity index (χ0n) is 6.07. The molecule has 0 aromatic carbocycles. The van der Waals surface area contributed by atoms with E-state index in [2.05, 4.69) is 28.4 Å². The molecule has 3 aliphatic rings. The first-order valence-corrected chi connectivity index (χ1v) is 3.88. The first-order chi connectivity index (χ1) is 5.42. The fourth-order valence-corrected chi connectivity index (χ4v) is 1.94. The summed E-state index contributed by atoms with van der Waals surface area (Å²) in [4.78, 5) is 0. The Hall–Kier alpha value is -1.18. The van der Waals surface area contributed by atoms with Gasteiger partial charge in [0.2, 0.25) is 0 Å². The van der Waals surface area contributed by atoms with E-state index >= 15 is 0 Å². The molecule has 0 N–H and O–H groups in total. The number of rotatable bonds is 0. The van der Waals surface area contributed by atoms with E-state index in [0.29, 0.717) is 5.92 Å². The highest BCUT2D eigenvalue weighted by molar-refractivity contribution is 5.95. The van der Waals surface area contributed by atoms with Gasteiger partial charge in [-0.2, -0.15) is 10.2 Å². The molecular weight excluding hydrogens is 136 g/mol. The lowest BCUT2D eigenvalue weighted by Gasteiger charge is -2.15. The number of allylic oxidation sites excluding steroid dienone is 4. The molecule has 1 heterocycles. The van der Waals surface area contributed by atoms with Crippen LogP contribution in [0.2, 0.25) is 0 Å². The third-order valence-electron chi connectivity index (χ3n) is 2.77. The van der Waals surface area contributed by atoms with Crippen molar-refractivity contribution in [3.8, 4) is 0 Å². The Kier molecular flexibility index (Phi) is 0.757. The minimum absolute atomic E-state index is 0.274. The van der Waals surface area contributed by atoms with E-state index in [-0.39, 0.29) is 5.41 Å². The first kappa shape index (κ1) is 5.47. The summed E-state index contributed by atoms with van der Waals surface area (Å²) < 4.78 is 0. The Morgan fingerprint density at radius 1 is 1.45 bits per heavy atom. The van der Waals surface area contributed by atoms with Gasteiger partial charge in [0.1, 0.15) is 0 Å². The van der Waals surface area contributed by atoms with Crippen LogP contribution in [0.4, 0.5) is 0 Å². The molecule has 1 aliphatic heterocycles. The molecule has 11 heavy (non-hydrogen) atoms. The van der Waals surface area contributed by atoms with E-state index < -0.39 is 0 Å². The summed E-state index contributed by atoms with van der Waals surface area (Å²) >= 11 is 0. The summed E-state index contributed by atoms with van der Waals surface area (Å²) in [6, 6.07) is 0. The molecule has 0 amide bonds. The van der Waals surface area contributed by atoms with E-state index in [4.69, 9.17) is 0 Å². The van der Waals surface area contributed by atoms with Crippen molar-refractivity contribution in [3.05, 3.63) is 23.8 Å². The molecule has 54 valence electrons. The van der Waals surface area contributed by atoms with Gasteiger partial charge < -0.3 is 0 Å². The summed E-state index contributed by atoms with van der Waals surface area (Å²) in [6.45, 7) is 0. The minimum atomic E-state index is 0.274. The smallest absolute Gasteiger partial charge is 0.0537 e. The Morgan fingerprint density at radius 3 is 3.36 bits per heavy atom. The first-order valence-electron chi connectivity index (χ1n) is 3.88. The van der Waals surface area contributed by atoms with Gasteiger partial charge in [0.25, 0.3) is 0 Å². The van der Waals surface area contributed by atoms with Crippen molar-refractivity contribution in [1.82, 2.24) is 0 Å². The third-order valence-corrected chi connectivity index (χ3v) is 2.77. The van der Waals surface area contributed by atoms with Crippen LogP contribution in [-0.2, 0) is 0 Å². The number of nitrogens with zero attached hydrogens (tertiary/aromatic N) is 2. The zero-order valence-corrected chi connectivity index (χ0v) is 6.07. The monoisotopic (exact) mass is 144 g/mol. The predicted octanol–water partition coefficient (Wildman–Crippen LogP) is 1.56. The van der Waals surface area contributed by atoms with Gasteiger partial charge in [-0.15, -0.1) is 0 Å². The molecule has 1 saturated carbocycles. The van der Waals surface area contributed by atoms with Gasteiger partial charge >= 0.3 is 0 Å². The maximum absolute atomic E-state index is 3.94. The van der Waals surface area contributed by atoms with E-state index in [1.807, 2.05) is 12.4 Å². The van der Waals surface area contributed by atoms with E-state index in [1.54, 1.807) is 0 Å². The highest BCUT2D eigenvalue weighted by Crippen LogP contribution is 2.58. The lowest BCUT2D eigenvalue weighted by Crippen LogP contribution is -2.14. The van der Waals surface area contributed by atoms with Crippen molar-refractivity contribution in [1.29, 1.82) is 0 Å². The lowest BCUT2D eigenvalue weighted by atomic mass is 9.91. The molecule has 0 saturated heterocycles. The van der Waals surface area contributed by atoms with Crippen LogP contribution in [0, 0.1) is 11.3 Å². The summed E-state index contributed by atoms with van der Waals surface area (Å²) in [5, 5.41) is 7.82. The maximum Gasteiger partial charge on any atom is 0.0537 e. The van der Waals surface area contributed by atoms with Crippen LogP contribution in [0.1, 0.15) is 6.42 Å². The molecular formula is C9H8N2. The van der Waals surface area contributed by atoms with Crippen molar-refractivity contribution < 1.29 is 0 Å². The fourth-order valence-electron chi connectivity index (χ4n) is 1.94. The molecule has 2 heteroatoms. The Labute approximate surface area is 65.0 Å².